The van der Waals surface area contributed by atoms with Crippen LogP contribution in [-0.2, 0) is 0 Å². The van der Waals surface area contributed by atoms with E-state index in [0.717, 1.165) is 10.2 Å². The molecule has 1 atom stereocenters. The van der Waals surface area contributed by atoms with Gasteiger partial charge in [-0.05, 0) is 47.8 Å². The van der Waals surface area contributed by atoms with Crippen LogP contribution in [0.2, 0.25) is 0 Å². The van der Waals surface area contributed by atoms with Gasteiger partial charge in [0.25, 0.3) is 0 Å². The molecule has 1 aromatic rings. The van der Waals surface area contributed by atoms with E-state index in [1.54, 1.807) is 11.8 Å². The van der Waals surface area contributed by atoms with Gasteiger partial charge in [0.1, 0.15) is 5.54 Å². The fourth-order valence-corrected chi connectivity index (χ4v) is 3.17. The largest absolute Gasteiger partial charge is 0.296 e. The number of thioether (sulfide) groups is 1. The van der Waals surface area contributed by atoms with E-state index in [9.17, 15) is 5.26 Å². The monoisotopic (exact) mass is 310 g/mol. The Bertz CT molecular complexity index is 439. The van der Waals surface area contributed by atoms with Crippen LogP contribution in [0.1, 0.15) is 19.8 Å². The fourth-order valence-electron chi connectivity index (χ4n) is 1.57. The van der Waals surface area contributed by atoms with E-state index in [1.165, 1.54) is 17.7 Å². The summed E-state index contributed by atoms with van der Waals surface area (Å²) in [6, 6.07) is 11.1. The van der Waals surface area contributed by atoms with E-state index in [2.05, 4.69) is 33.4 Å². The van der Waals surface area contributed by atoms with Gasteiger partial charge in [0.05, 0.1) is 6.07 Å². The normalized spacial score (nSPS) is 18.4. The SMILES string of the molecule is CC(C#N)(CSc1ccccc1Br)NC1CC1. The maximum Gasteiger partial charge on any atom is 0.113 e. The van der Waals surface area contributed by atoms with Crippen LogP contribution in [0.4, 0.5) is 0 Å². The summed E-state index contributed by atoms with van der Waals surface area (Å²) >= 11 is 5.24. The van der Waals surface area contributed by atoms with Crippen LogP contribution in [0, 0.1) is 11.3 Å². The number of nitriles is 1. The first kappa shape index (κ1) is 12.9. The van der Waals surface area contributed by atoms with Crippen LogP contribution in [0.3, 0.4) is 0 Å². The Balaban J connectivity index is 1.96. The molecule has 17 heavy (non-hydrogen) atoms. The van der Waals surface area contributed by atoms with Crippen LogP contribution in [0.5, 0.6) is 0 Å². The van der Waals surface area contributed by atoms with Crippen LogP contribution in [0.15, 0.2) is 33.6 Å². The average molecular weight is 311 g/mol. The Morgan fingerprint density at radius 3 is 2.82 bits per heavy atom. The topological polar surface area (TPSA) is 35.8 Å². The van der Waals surface area contributed by atoms with Gasteiger partial charge in [-0.2, -0.15) is 5.26 Å². The van der Waals surface area contributed by atoms with Gasteiger partial charge in [0.2, 0.25) is 0 Å². The molecule has 0 aromatic heterocycles. The van der Waals surface area contributed by atoms with Crippen molar-refractivity contribution in [2.24, 2.45) is 0 Å². The third-order valence-electron chi connectivity index (χ3n) is 2.70. The van der Waals surface area contributed by atoms with E-state index in [-0.39, 0.29) is 0 Å². The summed E-state index contributed by atoms with van der Waals surface area (Å²) in [6.07, 6.45) is 2.41. The number of halogens is 1. The lowest BCUT2D eigenvalue weighted by atomic mass is 10.1. The molecule has 0 heterocycles. The van der Waals surface area contributed by atoms with Crippen molar-refractivity contribution >= 4 is 27.7 Å². The Morgan fingerprint density at radius 2 is 2.24 bits per heavy atom. The fraction of sp³-hybridized carbons (Fsp3) is 0.462. The molecular weight excluding hydrogens is 296 g/mol. The van der Waals surface area contributed by atoms with Gasteiger partial charge >= 0.3 is 0 Å². The zero-order valence-electron chi connectivity index (χ0n) is 9.74. The van der Waals surface area contributed by atoms with E-state index >= 15 is 0 Å². The third-order valence-corrected chi connectivity index (χ3v) is 5.04. The van der Waals surface area contributed by atoms with Crippen LogP contribution in [0.25, 0.3) is 0 Å². The highest BCUT2D eigenvalue weighted by molar-refractivity contribution is 9.10. The highest BCUT2D eigenvalue weighted by Gasteiger charge is 2.32. The van der Waals surface area contributed by atoms with Crippen molar-refractivity contribution in [2.75, 3.05) is 5.75 Å². The number of hydrogen-bond acceptors (Lipinski definition) is 3. The van der Waals surface area contributed by atoms with Gasteiger partial charge in [-0.25, -0.2) is 0 Å². The molecule has 4 heteroatoms. The summed E-state index contributed by atoms with van der Waals surface area (Å²) in [5.41, 5.74) is -0.429. The standard InChI is InChI=1S/C13H15BrN2S/c1-13(8-15,16-10-6-7-10)9-17-12-5-3-2-4-11(12)14/h2-5,10,16H,6-7,9H2,1H3. The van der Waals surface area contributed by atoms with Gasteiger partial charge < -0.3 is 0 Å². The molecule has 1 N–H and O–H groups in total. The second kappa shape index (κ2) is 5.43. The first-order valence-electron chi connectivity index (χ1n) is 5.69. The lowest BCUT2D eigenvalue weighted by molar-refractivity contribution is 0.490. The average Bonchev–Trinajstić information content (AvgIpc) is 3.12. The molecule has 0 bridgehead atoms. The summed E-state index contributed by atoms with van der Waals surface area (Å²) in [6.45, 7) is 1.98. The van der Waals surface area contributed by atoms with Gasteiger partial charge in [0.15, 0.2) is 0 Å². The second-order valence-corrected chi connectivity index (χ2v) is 6.45. The van der Waals surface area contributed by atoms with Crippen LogP contribution in [-0.4, -0.2) is 17.3 Å². The minimum atomic E-state index is -0.429. The number of hydrogen-bond donors (Lipinski definition) is 1. The van der Waals surface area contributed by atoms with Crippen LogP contribution < -0.4 is 5.32 Å². The molecule has 2 rings (SSSR count). The summed E-state index contributed by atoms with van der Waals surface area (Å²) < 4.78 is 1.09. The Hall–Kier alpha value is -0.500. The highest BCUT2D eigenvalue weighted by Crippen LogP contribution is 2.31. The van der Waals surface area contributed by atoms with Crippen molar-refractivity contribution in [3.8, 4) is 6.07 Å². The quantitative estimate of drug-likeness (QED) is 0.844. The molecule has 1 unspecified atom stereocenters. The molecular formula is C13H15BrN2S. The smallest absolute Gasteiger partial charge is 0.113 e. The number of nitrogens with zero attached hydrogens (tertiary/aromatic N) is 1. The molecule has 1 fully saturated rings. The van der Waals surface area contributed by atoms with Crippen molar-refractivity contribution in [3.63, 3.8) is 0 Å². The van der Waals surface area contributed by atoms with Crippen molar-refractivity contribution < 1.29 is 0 Å². The predicted octanol–water partition coefficient (Wildman–Crippen LogP) is 3.58. The Morgan fingerprint density at radius 1 is 1.53 bits per heavy atom. The number of rotatable bonds is 5. The van der Waals surface area contributed by atoms with Gasteiger partial charge in [0, 0.05) is 21.2 Å². The highest BCUT2D eigenvalue weighted by atomic mass is 79.9. The summed E-state index contributed by atoms with van der Waals surface area (Å²) in [5.74, 6) is 0.766. The molecule has 0 spiro atoms. The summed E-state index contributed by atoms with van der Waals surface area (Å²) in [5, 5.41) is 12.7. The molecule has 1 saturated carbocycles. The first-order valence-corrected chi connectivity index (χ1v) is 7.47. The van der Waals surface area contributed by atoms with Crippen molar-refractivity contribution in [1.82, 2.24) is 5.32 Å². The molecule has 1 aliphatic rings. The summed E-state index contributed by atoms with van der Waals surface area (Å²) in [4.78, 5) is 1.19. The molecule has 0 amide bonds. The number of benzene rings is 1. The van der Waals surface area contributed by atoms with E-state index in [1.807, 2.05) is 25.1 Å². The Kier molecular flexibility index (Phi) is 4.13. The van der Waals surface area contributed by atoms with Gasteiger partial charge in [-0.15, -0.1) is 11.8 Å². The zero-order chi connectivity index (χ0) is 12.3. The minimum absolute atomic E-state index is 0.429. The third kappa shape index (κ3) is 3.74. The molecule has 2 nitrogen and oxygen atoms in total. The maximum atomic E-state index is 9.27. The molecule has 90 valence electrons. The van der Waals surface area contributed by atoms with E-state index in [4.69, 9.17) is 0 Å². The zero-order valence-corrected chi connectivity index (χ0v) is 12.1. The van der Waals surface area contributed by atoms with Crippen molar-refractivity contribution in [2.45, 2.75) is 36.2 Å². The molecule has 1 aliphatic carbocycles. The second-order valence-electron chi connectivity index (χ2n) is 4.58. The molecule has 0 aliphatic heterocycles. The van der Waals surface area contributed by atoms with E-state index in [0.29, 0.717) is 6.04 Å². The maximum absolute atomic E-state index is 9.27. The minimum Gasteiger partial charge on any atom is -0.296 e. The summed E-state index contributed by atoms with van der Waals surface area (Å²) in [7, 11) is 0. The van der Waals surface area contributed by atoms with Gasteiger partial charge in [-0.1, -0.05) is 12.1 Å². The first-order chi connectivity index (χ1) is 8.13. The lowest BCUT2D eigenvalue weighted by Gasteiger charge is -2.22. The number of nitrogens with one attached hydrogen (secondary N) is 1. The molecule has 0 saturated heterocycles. The van der Waals surface area contributed by atoms with Crippen molar-refractivity contribution in [1.29, 1.82) is 5.26 Å². The van der Waals surface area contributed by atoms with Gasteiger partial charge in [-0.3, -0.25) is 5.32 Å². The van der Waals surface area contributed by atoms with Crippen LogP contribution >= 0.6 is 27.7 Å². The van der Waals surface area contributed by atoms with Crippen molar-refractivity contribution in [3.05, 3.63) is 28.7 Å². The molecule has 1 aromatic carbocycles. The van der Waals surface area contributed by atoms with E-state index < -0.39 is 5.54 Å². The predicted molar refractivity (Wildman–Crippen MR) is 75.0 cm³/mol. The lowest BCUT2D eigenvalue weighted by Crippen LogP contribution is -2.44. The molecule has 0 radical (unpaired) electrons. The Labute approximate surface area is 115 Å².